The third kappa shape index (κ3) is 3.40. The molecule has 116 valence electrons. The summed E-state index contributed by atoms with van der Waals surface area (Å²) in [6, 6.07) is 9.51. The molecule has 1 aliphatic heterocycles. The topological polar surface area (TPSA) is 50.2 Å². The summed E-state index contributed by atoms with van der Waals surface area (Å²) in [6.45, 7) is 4.57. The van der Waals surface area contributed by atoms with E-state index in [9.17, 15) is 4.79 Å². The van der Waals surface area contributed by atoms with Crippen LogP contribution in [0.1, 0.15) is 47.4 Å². The van der Waals surface area contributed by atoms with Gasteiger partial charge in [0.1, 0.15) is 5.69 Å². The number of aromatic carboxylic acids is 1. The molecule has 3 nitrogen and oxygen atoms in total. The molecule has 4 heteroatoms. The highest BCUT2D eigenvalue weighted by Gasteiger charge is 2.27. The minimum atomic E-state index is -0.980. The maximum Gasteiger partial charge on any atom is 0.337 e. The number of pyridine rings is 1. The Kier molecular flexibility index (Phi) is 4.14. The van der Waals surface area contributed by atoms with E-state index >= 15 is 0 Å². The summed E-state index contributed by atoms with van der Waals surface area (Å²) in [5, 5.41) is 8.86. The third-order valence-electron chi connectivity index (χ3n) is 4.04. The number of aromatic nitrogens is 1. The zero-order valence-corrected chi connectivity index (χ0v) is 13.9. The molecule has 0 saturated carbocycles. The standard InChI is InChI=1S/C19H17NO2S/c1-19(2)9-10-23-17-11-13(4-8-16(17)19)3-6-15-7-5-14(12-20-15)18(21)22/h4-5,7-8,11-12H,9-10H2,1-2H3,(H,21,22). The molecular formula is C19H17NO2S. The summed E-state index contributed by atoms with van der Waals surface area (Å²) in [4.78, 5) is 16.2. The number of fused-ring (bicyclic) bond motifs is 1. The van der Waals surface area contributed by atoms with Crippen LogP contribution < -0.4 is 0 Å². The molecule has 0 atom stereocenters. The summed E-state index contributed by atoms with van der Waals surface area (Å²) in [6.07, 6.45) is 2.52. The molecule has 0 bridgehead atoms. The maximum absolute atomic E-state index is 10.8. The smallest absolute Gasteiger partial charge is 0.337 e. The lowest BCUT2D eigenvalue weighted by Crippen LogP contribution is -2.22. The predicted octanol–water partition coefficient (Wildman–Crippen LogP) is 3.95. The summed E-state index contributed by atoms with van der Waals surface area (Å²) >= 11 is 1.88. The van der Waals surface area contributed by atoms with Crippen LogP contribution in [-0.4, -0.2) is 21.8 Å². The average molecular weight is 323 g/mol. The van der Waals surface area contributed by atoms with Gasteiger partial charge < -0.3 is 5.11 Å². The number of hydrogen-bond acceptors (Lipinski definition) is 3. The summed E-state index contributed by atoms with van der Waals surface area (Å²) in [5.41, 5.74) is 3.31. The SMILES string of the molecule is CC1(C)CCSc2cc(C#Cc3ccc(C(=O)O)cn3)ccc21. The second kappa shape index (κ2) is 6.10. The Morgan fingerprint density at radius 1 is 1.26 bits per heavy atom. The molecule has 1 N–H and O–H groups in total. The first-order valence-electron chi connectivity index (χ1n) is 7.44. The Morgan fingerprint density at radius 2 is 2.09 bits per heavy atom. The lowest BCUT2D eigenvalue weighted by atomic mass is 9.81. The van der Waals surface area contributed by atoms with Crippen molar-refractivity contribution < 1.29 is 9.90 Å². The lowest BCUT2D eigenvalue weighted by molar-refractivity contribution is 0.0696. The first kappa shape index (κ1) is 15.6. The Morgan fingerprint density at radius 3 is 2.78 bits per heavy atom. The number of hydrogen-bond donors (Lipinski definition) is 1. The minimum Gasteiger partial charge on any atom is -0.478 e. The molecule has 0 spiro atoms. The van der Waals surface area contributed by atoms with Crippen LogP contribution in [0.15, 0.2) is 41.4 Å². The highest BCUT2D eigenvalue weighted by atomic mass is 32.2. The van der Waals surface area contributed by atoms with Crippen molar-refractivity contribution in [2.75, 3.05) is 5.75 Å². The van der Waals surface area contributed by atoms with Gasteiger partial charge >= 0.3 is 5.97 Å². The summed E-state index contributed by atoms with van der Waals surface area (Å²) in [7, 11) is 0. The zero-order valence-electron chi connectivity index (χ0n) is 13.1. The van der Waals surface area contributed by atoms with Gasteiger partial charge in [-0.1, -0.05) is 25.8 Å². The second-order valence-electron chi connectivity index (χ2n) is 6.18. The van der Waals surface area contributed by atoms with Gasteiger partial charge in [-0.2, -0.15) is 0 Å². The molecular weight excluding hydrogens is 306 g/mol. The van der Waals surface area contributed by atoms with E-state index in [1.807, 2.05) is 17.8 Å². The van der Waals surface area contributed by atoms with Gasteiger partial charge in [-0.25, -0.2) is 9.78 Å². The van der Waals surface area contributed by atoms with Crippen LogP contribution in [0, 0.1) is 11.8 Å². The van der Waals surface area contributed by atoms with E-state index in [4.69, 9.17) is 5.11 Å². The number of nitrogens with zero attached hydrogens (tertiary/aromatic N) is 1. The van der Waals surface area contributed by atoms with Crippen molar-refractivity contribution in [3.63, 3.8) is 0 Å². The zero-order chi connectivity index (χ0) is 16.4. The molecule has 1 aromatic carbocycles. The van der Waals surface area contributed by atoms with E-state index in [2.05, 4.69) is 42.8 Å². The normalized spacial score (nSPS) is 15.2. The van der Waals surface area contributed by atoms with Crippen molar-refractivity contribution in [2.24, 2.45) is 0 Å². The van der Waals surface area contributed by atoms with Gasteiger partial charge in [0.25, 0.3) is 0 Å². The van der Waals surface area contributed by atoms with Crippen LogP contribution in [0.2, 0.25) is 0 Å². The quantitative estimate of drug-likeness (QED) is 0.807. The lowest BCUT2D eigenvalue weighted by Gasteiger charge is -2.32. The molecule has 0 radical (unpaired) electrons. The number of thioether (sulfide) groups is 1. The predicted molar refractivity (Wildman–Crippen MR) is 92.0 cm³/mol. The van der Waals surface area contributed by atoms with Crippen molar-refractivity contribution in [2.45, 2.75) is 30.6 Å². The van der Waals surface area contributed by atoms with E-state index in [1.54, 1.807) is 6.07 Å². The van der Waals surface area contributed by atoms with Crippen molar-refractivity contribution in [1.29, 1.82) is 0 Å². The number of carboxylic acid groups (broad SMARTS) is 1. The molecule has 0 aliphatic carbocycles. The third-order valence-corrected chi connectivity index (χ3v) is 5.10. The van der Waals surface area contributed by atoms with E-state index < -0.39 is 5.97 Å². The van der Waals surface area contributed by atoms with Gasteiger partial charge in [0.2, 0.25) is 0 Å². The first-order chi connectivity index (χ1) is 11.0. The summed E-state index contributed by atoms with van der Waals surface area (Å²) in [5.74, 6) is 6.26. The van der Waals surface area contributed by atoms with Crippen LogP contribution in [0.4, 0.5) is 0 Å². The fourth-order valence-corrected chi connectivity index (χ4v) is 4.10. The molecule has 1 aromatic heterocycles. The number of carbonyl (C=O) groups is 1. The van der Waals surface area contributed by atoms with Gasteiger partial charge in [-0.05, 0) is 53.3 Å². The van der Waals surface area contributed by atoms with Crippen molar-refractivity contribution >= 4 is 17.7 Å². The van der Waals surface area contributed by atoms with Gasteiger partial charge in [-0.15, -0.1) is 11.8 Å². The van der Waals surface area contributed by atoms with Gasteiger partial charge in [0.15, 0.2) is 0 Å². The summed E-state index contributed by atoms with van der Waals surface area (Å²) < 4.78 is 0. The second-order valence-corrected chi connectivity index (χ2v) is 7.32. The Labute approximate surface area is 140 Å². The van der Waals surface area contributed by atoms with Crippen molar-refractivity contribution in [3.05, 3.63) is 58.9 Å². The van der Waals surface area contributed by atoms with E-state index in [0.717, 1.165) is 11.3 Å². The molecule has 3 rings (SSSR count). The van der Waals surface area contributed by atoms with Crippen molar-refractivity contribution in [1.82, 2.24) is 4.98 Å². The molecule has 2 aromatic rings. The Bertz CT molecular complexity index is 813. The fraction of sp³-hybridized carbons (Fsp3) is 0.263. The van der Waals surface area contributed by atoms with E-state index in [1.165, 1.54) is 29.1 Å². The fourth-order valence-electron chi connectivity index (χ4n) is 2.56. The highest BCUT2D eigenvalue weighted by molar-refractivity contribution is 7.99. The monoisotopic (exact) mass is 323 g/mol. The van der Waals surface area contributed by atoms with Crippen molar-refractivity contribution in [3.8, 4) is 11.8 Å². The molecule has 0 saturated heterocycles. The molecule has 0 fully saturated rings. The van der Waals surface area contributed by atoms with Crippen LogP contribution >= 0.6 is 11.8 Å². The van der Waals surface area contributed by atoms with Gasteiger partial charge in [-0.3, -0.25) is 0 Å². The first-order valence-corrected chi connectivity index (χ1v) is 8.43. The number of carboxylic acids is 1. The minimum absolute atomic E-state index is 0.169. The van der Waals surface area contributed by atoms with E-state index in [-0.39, 0.29) is 11.0 Å². The Hall–Kier alpha value is -2.25. The van der Waals surface area contributed by atoms with Gasteiger partial charge in [0, 0.05) is 16.7 Å². The number of benzene rings is 1. The average Bonchev–Trinajstić information content (AvgIpc) is 2.53. The Balaban J connectivity index is 1.86. The maximum atomic E-state index is 10.8. The van der Waals surface area contributed by atoms with Crippen LogP contribution in [0.25, 0.3) is 0 Å². The van der Waals surface area contributed by atoms with Crippen LogP contribution in [0.3, 0.4) is 0 Å². The molecule has 1 aliphatic rings. The van der Waals surface area contributed by atoms with E-state index in [0.29, 0.717) is 5.69 Å². The largest absolute Gasteiger partial charge is 0.478 e. The van der Waals surface area contributed by atoms with Crippen LogP contribution in [0.5, 0.6) is 0 Å². The molecule has 2 heterocycles. The van der Waals surface area contributed by atoms with Gasteiger partial charge in [0.05, 0.1) is 5.56 Å². The molecule has 0 unspecified atom stereocenters. The van der Waals surface area contributed by atoms with Crippen LogP contribution in [-0.2, 0) is 5.41 Å². The highest BCUT2D eigenvalue weighted by Crippen LogP contribution is 2.41. The number of rotatable bonds is 1. The molecule has 23 heavy (non-hydrogen) atoms. The molecule has 0 amide bonds.